The van der Waals surface area contributed by atoms with Gasteiger partial charge in [-0.2, -0.15) is 0 Å². The first kappa shape index (κ1) is 15.4. The lowest BCUT2D eigenvalue weighted by molar-refractivity contribution is -0.145. The monoisotopic (exact) mass is 335 g/mol. The standard InChI is InChI=1S/C20H17NO4/c1-13-11-20(19(23)25-13)17-6-4-3-5-16(17)18(22)21(20)12-14-7-9-15(24-2)10-8-14/h3-10H,1,11-12H2,2H3. The molecule has 1 atom stereocenters. The second-order valence-electron chi connectivity index (χ2n) is 6.25. The molecular formula is C20H17NO4. The zero-order chi connectivity index (χ0) is 17.6. The summed E-state index contributed by atoms with van der Waals surface area (Å²) < 4.78 is 10.4. The Balaban J connectivity index is 1.79. The van der Waals surface area contributed by atoms with Gasteiger partial charge in [-0.1, -0.05) is 36.9 Å². The number of rotatable bonds is 3. The fourth-order valence-electron chi connectivity index (χ4n) is 3.63. The van der Waals surface area contributed by atoms with Crippen molar-refractivity contribution in [2.75, 3.05) is 7.11 Å². The van der Waals surface area contributed by atoms with Crippen molar-refractivity contribution < 1.29 is 19.1 Å². The van der Waals surface area contributed by atoms with Crippen LogP contribution in [0.5, 0.6) is 5.75 Å². The van der Waals surface area contributed by atoms with Gasteiger partial charge >= 0.3 is 5.97 Å². The van der Waals surface area contributed by atoms with Crippen molar-refractivity contribution in [1.82, 2.24) is 4.90 Å². The Morgan fingerprint density at radius 1 is 1.16 bits per heavy atom. The Bertz CT molecular complexity index is 887. The van der Waals surface area contributed by atoms with E-state index in [9.17, 15) is 9.59 Å². The van der Waals surface area contributed by atoms with E-state index in [1.54, 1.807) is 24.1 Å². The SMILES string of the molecule is C=C1CC2(C(=O)O1)c1ccccc1C(=O)N2Cc1ccc(OC)cc1. The molecule has 2 aliphatic heterocycles. The lowest BCUT2D eigenvalue weighted by Gasteiger charge is -2.31. The molecule has 1 saturated heterocycles. The lowest BCUT2D eigenvalue weighted by Crippen LogP contribution is -2.46. The lowest BCUT2D eigenvalue weighted by atomic mass is 9.87. The van der Waals surface area contributed by atoms with Crippen LogP contribution in [-0.2, 0) is 21.6 Å². The molecule has 0 bridgehead atoms. The van der Waals surface area contributed by atoms with Crippen LogP contribution in [0.25, 0.3) is 0 Å². The highest BCUT2D eigenvalue weighted by molar-refractivity contribution is 6.06. The average Bonchev–Trinajstić information content (AvgIpc) is 3.05. The quantitative estimate of drug-likeness (QED) is 0.809. The van der Waals surface area contributed by atoms with Crippen molar-refractivity contribution in [2.24, 2.45) is 0 Å². The number of benzene rings is 2. The summed E-state index contributed by atoms with van der Waals surface area (Å²) in [4.78, 5) is 27.3. The van der Waals surface area contributed by atoms with Crippen molar-refractivity contribution >= 4 is 11.9 Å². The van der Waals surface area contributed by atoms with E-state index >= 15 is 0 Å². The Kier molecular flexibility index (Phi) is 3.39. The minimum absolute atomic E-state index is 0.168. The molecule has 25 heavy (non-hydrogen) atoms. The van der Waals surface area contributed by atoms with Crippen LogP contribution < -0.4 is 4.74 Å². The first-order valence-corrected chi connectivity index (χ1v) is 8.01. The van der Waals surface area contributed by atoms with E-state index in [4.69, 9.17) is 9.47 Å². The number of esters is 1. The fourth-order valence-corrected chi connectivity index (χ4v) is 3.63. The van der Waals surface area contributed by atoms with Crippen LogP contribution in [0, 0.1) is 0 Å². The summed E-state index contributed by atoms with van der Waals surface area (Å²) in [5.74, 6) is 0.514. The third-order valence-electron chi connectivity index (χ3n) is 4.84. The summed E-state index contributed by atoms with van der Waals surface area (Å²) in [5.41, 5.74) is 1.02. The number of ether oxygens (including phenoxy) is 2. The van der Waals surface area contributed by atoms with Crippen LogP contribution in [0.2, 0.25) is 0 Å². The summed E-state index contributed by atoms with van der Waals surface area (Å²) in [6.45, 7) is 4.09. The molecule has 2 aliphatic rings. The highest BCUT2D eigenvalue weighted by atomic mass is 16.5. The number of hydrogen-bond donors (Lipinski definition) is 0. The second kappa shape index (κ2) is 5.48. The van der Waals surface area contributed by atoms with Crippen LogP contribution in [-0.4, -0.2) is 23.9 Å². The average molecular weight is 335 g/mol. The topological polar surface area (TPSA) is 55.8 Å². The van der Waals surface area contributed by atoms with Gasteiger partial charge in [0.15, 0.2) is 5.54 Å². The molecule has 1 unspecified atom stereocenters. The molecule has 126 valence electrons. The zero-order valence-electron chi connectivity index (χ0n) is 13.8. The number of carbonyl (C=O) groups excluding carboxylic acids is 2. The van der Waals surface area contributed by atoms with Gasteiger partial charge in [0, 0.05) is 24.1 Å². The molecule has 2 aromatic carbocycles. The number of carbonyl (C=O) groups is 2. The van der Waals surface area contributed by atoms with Crippen LogP contribution >= 0.6 is 0 Å². The summed E-state index contributed by atoms with van der Waals surface area (Å²) >= 11 is 0. The number of methoxy groups -OCH3 is 1. The minimum Gasteiger partial charge on any atom is -0.497 e. The van der Waals surface area contributed by atoms with E-state index in [2.05, 4.69) is 6.58 Å². The molecule has 4 rings (SSSR count). The van der Waals surface area contributed by atoms with E-state index in [1.807, 2.05) is 36.4 Å². The predicted octanol–water partition coefficient (Wildman–Crippen LogP) is 3.01. The van der Waals surface area contributed by atoms with Crippen LogP contribution in [0.4, 0.5) is 0 Å². The number of fused-ring (bicyclic) bond motifs is 2. The second-order valence-corrected chi connectivity index (χ2v) is 6.25. The van der Waals surface area contributed by atoms with Gasteiger partial charge in [-0.3, -0.25) is 4.79 Å². The Labute approximate surface area is 145 Å². The number of nitrogens with zero attached hydrogens (tertiary/aromatic N) is 1. The molecule has 1 fully saturated rings. The Hall–Kier alpha value is -3.08. The minimum atomic E-state index is -1.12. The maximum absolute atomic E-state index is 13.0. The Morgan fingerprint density at radius 2 is 1.88 bits per heavy atom. The molecule has 0 aliphatic carbocycles. The van der Waals surface area contributed by atoms with E-state index in [-0.39, 0.29) is 12.3 Å². The Morgan fingerprint density at radius 3 is 2.52 bits per heavy atom. The molecular weight excluding hydrogens is 318 g/mol. The zero-order valence-corrected chi connectivity index (χ0v) is 13.8. The van der Waals surface area contributed by atoms with Gasteiger partial charge < -0.3 is 14.4 Å². The maximum atomic E-state index is 13.0. The van der Waals surface area contributed by atoms with Crippen molar-refractivity contribution in [3.05, 3.63) is 77.6 Å². The van der Waals surface area contributed by atoms with Crippen molar-refractivity contribution in [2.45, 2.75) is 18.5 Å². The molecule has 1 amide bonds. The molecule has 0 radical (unpaired) electrons. The van der Waals surface area contributed by atoms with E-state index in [0.29, 0.717) is 23.4 Å². The summed E-state index contributed by atoms with van der Waals surface area (Å²) in [6, 6.07) is 14.7. The first-order valence-electron chi connectivity index (χ1n) is 8.01. The predicted molar refractivity (Wildman–Crippen MR) is 90.8 cm³/mol. The third kappa shape index (κ3) is 2.16. The van der Waals surface area contributed by atoms with E-state index in [0.717, 1.165) is 11.3 Å². The smallest absolute Gasteiger partial charge is 0.342 e. The molecule has 0 N–H and O–H groups in total. The van der Waals surface area contributed by atoms with Gasteiger partial charge in [0.2, 0.25) is 0 Å². The third-order valence-corrected chi connectivity index (χ3v) is 4.84. The summed E-state index contributed by atoms with van der Waals surface area (Å²) in [7, 11) is 1.60. The van der Waals surface area contributed by atoms with Gasteiger partial charge in [-0.05, 0) is 23.8 Å². The first-order chi connectivity index (χ1) is 12.1. The number of cyclic esters (lactones) is 1. The van der Waals surface area contributed by atoms with Gasteiger partial charge in [0.25, 0.3) is 5.91 Å². The number of hydrogen-bond acceptors (Lipinski definition) is 4. The largest absolute Gasteiger partial charge is 0.497 e. The molecule has 0 saturated carbocycles. The highest BCUT2D eigenvalue weighted by Gasteiger charge is 2.59. The molecule has 0 aromatic heterocycles. The van der Waals surface area contributed by atoms with Gasteiger partial charge in [-0.15, -0.1) is 0 Å². The summed E-state index contributed by atoms with van der Waals surface area (Å²) in [6.07, 6.45) is 0.282. The molecule has 2 heterocycles. The highest BCUT2D eigenvalue weighted by Crippen LogP contribution is 2.48. The van der Waals surface area contributed by atoms with Gasteiger partial charge in [0.05, 0.1) is 7.11 Å². The van der Waals surface area contributed by atoms with E-state index < -0.39 is 11.5 Å². The normalized spacial score (nSPS) is 21.6. The van der Waals surface area contributed by atoms with Crippen LogP contribution in [0.15, 0.2) is 60.9 Å². The molecule has 5 heteroatoms. The fraction of sp³-hybridized carbons (Fsp3) is 0.200. The molecule has 2 aromatic rings. The van der Waals surface area contributed by atoms with Crippen molar-refractivity contribution in [1.29, 1.82) is 0 Å². The van der Waals surface area contributed by atoms with E-state index in [1.165, 1.54) is 0 Å². The van der Waals surface area contributed by atoms with Crippen molar-refractivity contribution in [3.8, 4) is 5.75 Å². The van der Waals surface area contributed by atoms with Crippen LogP contribution in [0.1, 0.15) is 27.9 Å². The molecule has 1 spiro atoms. The van der Waals surface area contributed by atoms with Gasteiger partial charge in [-0.25, -0.2) is 4.79 Å². The maximum Gasteiger partial charge on any atom is 0.342 e. The molecule has 5 nitrogen and oxygen atoms in total. The van der Waals surface area contributed by atoms with Gasteiger partial charge in [0.1, 0.15) is 11.5 Å². The number of amides is 1. The summed E-state index contributed by atoms with van der Waals surface area (Å²) in [5, 5.41) is 0. The van der Waals surface area contributed by atoms with Crippen LogP contribution in [0.3, 0.4) is 0 Å². The van der Waals surface area contributed by atoms with Crippen molar-refractivity contribution in [3.63, 3.8) is 0 Å².